The summed E-state index contributed by atoms with van der Waals surface area (Å²) in [6, 6.07) is 19.4. The smallest absolute Gasteiger partial charge is 0.255 e. The first-order valence-electron chi connectivity index (χ1n) is 9.22. The molecule has 0 saturated carbocycles. The van der Waals surface area contributed by atoms with E-state index in [9.17, 15) is 14.0 Å². The summed E-state index contributed by atoms with van der Waals surface area (Å²) >= 11 is 0. The van der Waals surface area contributed by atoms with Gasteiger partial charge in [0.05, 0.1) is 17.9 Å². The van der Waals surface area contributed by atoms with E-state index in [0.29, 0.717) is 30.0 Å². The molecule has 0 radical (unpaired) electrons. The van der Waals surface area contributed by atoms with Crippen molar-refractivity contribution in [2.45, 2.75) is 13.5 Å². The van der Waals surface area contributed by atoms with Crippen LogP contribution in [0.3, 0.4) is 0 Å². The Hall–Kier alpha value is -3.67. The predicted molar refractivity (Wildman–Crippen MR) is 110 cm³/mol. The number of halogens is 1. The molecule has 2 N–H and O–H groups in total. The van der Waals surface area contributed by atoms with Crippen LogP contribution in [0.2, 0.25) is 0 Å². The minimum atomic E-state index is -0.421. The fourth-order valence-electron chi connectivity index (χ4n) is 2.73. The largest absolute Gasteiger partial charge is 0.494 e. The average Bonchev–Trinajstić information content (AvgIpc) is 2.74. The van der Waals surface area contributed by atoms with Crippen LogP contribution in [0.1, 0.15) is 33.2 Å². The Kier molecular flexibility index (Phi) is 6.58. The van der Waals surface area contributed by atoms with E-state index in [1.165, 1.54) is 24.3 Å². The van der Waals surface area contributed by atoms with Crippen LogP contribution in [0, 0.1) is 5.82 Å². The van der Waals surface area contributed by atoms with Crippen LogP contribution in [0.4, 0.5) is 10.1 Å². The number of nitrogens with one attached hydrogen (secondary N) is 2. The first-order valence-corrected chi connectivity index (χ1v) is 9.22. The Bertz CT molecular complexity index is 986. The van der Waals surface area contributed by atoms with E-state index in [4.69, 9.17) is 4.74 Å². The molecule has 3 rings (SSSR count). The van der Waals surface area contributed by atoms with Gasteiger partial charge in [-0.15, -0.1) is 0 Å². The SMILES string of the molecule is CCOc1ccc(CNC(=O)c2ccccc2NC(=O)c2ccc(F)cc2)cc1. The van der Waals surface area contributed by atoms with Crippen molar-refractivity contribution in [1.29, 1.82) is 0 Å². The van der Waals surface area contributed by atoms with Crippen LogP contribution < -0.4 is 15.4 Å². The Balaban J connectivity index is 1.66. The molecule has 0 aliphatic rings. The van der Waals surface area contributed by atoms with Crippen molar-refractivity contribution in [3.05, 3.63) is 95.3 Å². The molecule has 0 fully saturated rings. The maximum absolute atomic E-state index is 13.0. The van der Waals surface area contributed by atoms with Crippen LogP contribution in [-0.2, 0) is 6.54 Å². The Morgan fingerprint density at radius 2 is 1.59 bits per heavy atom. The number of rotatable bonds is 7. The minimum absolute atomic E-state index is 0.302. The zero-order valence-corrected chi connectivity index (χ0v) is 15.9. The molecule has 0 bridgehead atoms. The monoisotopic (exact) mass is 392 g/mol. The molecule has 5 nitrogen and oxygen atoms in total. The number of para-hydroxylation sites is 1. The van der Waals surface area contributed by atoms with E-state index in [1.807, 2.05) is 31.2 Å². The van der Waals surface area contributed by atoms with E-state index in [1.54, 1.807) is 24.3 Å². The molecular formula is C23H21FN2O3. The van der Waals surface area contributed by atoms with E-state index in [-0.39, 0.29) is 5.91 Å². The van der Waals surface area contributed by atoms with Crippen molar-refractivity contribution in [3.8, 4) is 5.75 Å². The maximum atomic E-state index is 13.0. The number of anilines is 1. The van der Waals surface area contributed by atoms with Crippen LogP contribution in [0.15, 0.2) is 72.8 Å². The van der Waals surface area contributed by atoms with Crippen LogP contribution >= 0.6 is 0 Å². The van der Waals surface area contributed by atoms with Gasteiger partial charge in [0.1, 0.15) is 11.6 Å². The summed E-state index contributed by atoms with van der Waals surface area (Å²) in [6.45, 7) is 2.85. The number of carbonyl (C=O) groups is 2. The first kappa shape index (κ1) is 20.1. The minimum Gasteiger partial charge on any atom is -0.494 e. The van der Waals surface area contributed by atoms with Gasteiger partial charge in [-0.05, 0) is 61.0 Å². The van der Waals surface area contributed by atoms with Crippen LogP contribution in [0.25, 0.3) is 0 Å². The molecule has 0 atom stereocenters. The van der Waals surface area contributed by atoms with Gasteiger partial charge in [0.15, 0.2) is 0 Å². The van der Waals surface area contributed by atoms with Crippen molar-refractivity contribution in [2.75, 3.05) is 11.9 Å². The van der Waals surface area contributed by atoms with Crippen molar-refractivity contribution in [3.63, 3.8) is 0 Å². The number of carbonyl (C=O) groups excluding carboxylic acids is 2. The van der Waals surface area contributed by atoms with E-state index in [0.717, 1.165) is 11.3 Å². The molecule has 0 saturated heterocycles. The second kappa shape index (κ2) is 9.50. The molecule has 0 aliphatic heterocycles. The third-order valence-corrected chi connectivity index (χ3v) is 4.21. The predicted octanol–water partition coefficient (Wildman–Crippen LogP) is 4.41. The number of hydrogen-bond donors (Lipinski definition) is 2. The summed E-state index contributed by atoms with van der Waals surface area (Å²) in [7, 11) is 0. The van der Waals surface area contributed by atoms with Gasteiger partial charge in [-0.1, -0.05) is 24.3 Å². The topological polar surface area (TPSA) is 67.4 Å². The summed E-state index contributed by atoms with van der Waals surface area (Å²) < 4.78 is 18.4. The molecule has 0 aromatic heterocycles. The third kappa shape index (κ3) is 5.42. The highest BCUT2D eigenvalue weighted by molar-refractivity contribution is 6.08. The zero-order chi connectivity index (χ0) is 20.6. The number of benzene rings is 3. The summed E-state index contributed by atoms with van der Waals surface area (Å²) in [5.41, 5.74) is 1.95. The number of amides is 2. The molecule has 0 spiro atoms. The molecule has 0 heterocycles. The lowest BCUT2D eigenvalue weighted by Gasteiger charge is -2.12. The van der Waals surface area contributed by atoms with Crippen LogP contribution in [0.5, 0.6) is 5.75 Å². The highest BCUT2D eigenvalue weighted by Gasteiger charge is 2.14. The van der Waals surface area contributed by atoms with Gasteiger partial charge in [-0.25, -0.2) is 4.39 Å². The fraction of sp³-hybridized carbons (Fsp3) is 0.130. The fourth-order valence-corrected chi connectivity index (χ4v) is 2.73. The number of ether oxygens (including phenoxy) is 1. The normalized spacial score (nSPS) is 10.3. The zero-order valence-electron chi connectivity index (χ0n) is 15.9. The van der Waals surface area contributed by atoms with Gasteiger partial charge >= 0.3 is 0 Å². The molecule has 2 amide bonds. The van der Waals surface area contributed by atoms with Crippen molar-refractivity contribution >= 4 is 17.5 Å². The lowest BCUT2D eigenvalue weighted by Crippen LogP contribution is -2.24. The number of hydrogen-bond acceptors (Lipinski definition) is 3. The summed E-state index contributed by atoms with van der Waals surface area (Å²) in [5.74, 6) is -0.377. The van der Waals surface area contributed by atoms with E-state index < -0.39 is 11.7 Å². The highest BCUT2D eigenvalue weighted by Crippen LogP contribution is 2.17. The molecule has 3 aromatic carbocycles. The summed E-state index contributed by atoms with van der Waals surface area (Å²) in [5, 5.41) is 5.56. The molecule has 6 heteroatoms. The standard InChI is InChI=1S/C23H21FN2O3/c1-2-29-19-13-7-16(8-14-19)15-25-23(28)20-5-3-4-6-21(20)26-22(27)17-9-11-18(24)12-10-17/h3-14H,2,15H2,1H3,(H,25,28)(H,26,27). The maximum Gasteiger partial charge on any atom is 0.255 e. The molecule has 0 unspecified atom stereocenters. The highest BCUT2D eigenvalue weighted by atomic mass is 19.1. The van der Waals surface area contributed by atoms with Gasteiger partial charge < -0.3 is 15.4 Å². The van der Waals surface area contributed by atoms with Crippen molar-refractivity contribution in [1.82, 2.24) is 5.32 Å². The van der Waals surface area contributed by atoms with Crippen molar-refractivity contribution < 1.29 is 18.7 Å². The van der Waals surface area contributed by atoms with Gasteiger partial charge in [0.2, 0.25) is 0 Å². The molecule has 148 valence electrons. The lowest BCUT2D eigenvalue weighted by molar-refractivity contribution is 0.0952. The Morgan fingerprint density at radius 1 is 0.897 bits per heavy atom. The average molecular weight is 392 g/mol. The molecular weight excluding hydrogens is 371 g/mol. The van der Waals surface area contributed by atoms with Gasteiger partial charge in [0, 0.05) is 12.1 Å². The van der Waals surface area contributed by atoms with E-state index >= 15 is 0 Å². The summed E-state index contributed by atoms with van der Waals surface area (Å²) in [4.78, 5) is 25.0. The molecule has 0 aliphatic carbocycles. The molecule has 3 aromatic rings. The first-order chi connectivity index (χ1) is 14.1. The van der Waals surface area contributed by atoms with Gasteiger partial charge in [-0.2, -0.15) is 0 Å². The lowest BCUT2D eigenvalue weighted by atomic mass is 10.1. The van der Waals surface area contributed by atoms with E-state index in [2.05, 4.69) is 10.6 Å². The Morgan fingerprint density at radius 3 is 2.28 bits per heavy atom. The quantitative estimate of drug-likeness (QED) is 0.626. The second-order valence-electron chi connectivity index (χ2n) is 6.27. The van der Waals surface area contributed by atoms with Gasteiger partial charge in [0.25, 0.3) is 11.8 Å². The van der Waals surface area contributed by atoms with Gasteiger partial charge in [-0.3, -0.25) is 9.59 Å². The third-order valence-electron chi connectivity index (χ3n) is 4.21. The summed E-state index contributed by atoms with van der Waals surface area (Å²) in [6.07, 6.45) is 0. The van der Waals surface area contributed by atoms with Crippen molar-refractivity contribution in [2.24, 2.45) is 0 Å². The molecule has 29 heavy (non-hydrogen) atoms. The Labute approximate surface area is 168 Å². The second-order valence-corrected chi connectivity index (χ2v) is 6.27. The van der Waals surface area contributed by atoms with Crippen LogP contribution in [-0.4, -0.2) is 18.4 Å².